The number of amides is 2. The average Bonchev–Trinajstić information content (AvgIpc) is 3.21. The summed E-state index contributed by atoms with van der Waals surface area (Å²) >= 11 is 0. The molecule has 194 valence electrons. The van der Waals surface area contributed by atoms with Gasteiger partial charge < -0.3 is 24.8 Å². The van der Waals surface area contributed by atoms with Gasteiger partial charge in [-0.25, -0.2) is 4.79 Å². The summed E-state index contributed by atoms with van der Waals surface area (Å²) < 4.78 is 11.3. The summed E-state index contributed by atoms with van der Waals surface area (Å²) in [7, 11) is 0. The molecule has 0 aliphatic carbocycles. The minimum absolute atomic E-state index is 0.102. The molecule has 1 aliphatic heterocycles. The van der Waals surface area contributed by atoms with Crippen LogP contribution in [-0.2, 0) is 33.7 Å². The lowest BCUT2D eigenvalue weighted by atomic mass is 9.99. The van der Waals surface area contributed by atoms with Crippen LogP contribution in [0.1, 0.15) is 30.5 Å². The Balaban J connectivity index is 1.54. The Kier molecular flexibility index (Phi) is 8.93. The third-order valence-corrected chi connectivity index (χ3v) is 6.51. The van der Waals surface area contributed by atoms with Crippen LogP contribution in [0.2, 0.25) is 0 Å². The molecule has 0 aromatic heterocycles. The number of carbonyl (C=O) groups excluding carboxylic acids is 2. The Morgan fingerprint density at radius 3 is 1.92 bits per heavy atom. The van der Waals surface area contributed by atoms with Gasteiger partial charge in [-0.2, -0.15) is 0 Å². The Morgan fingerprint density at radius 1 is 0.865 bits per heavy atom. The number of alkyl carbamates (subject to hydrolysis) is 1. The van der Waals surface area contributed by atoms with Crippen LogP contribution in [0.25, 0.3) is 0 Å². The fraction of sp³-hybridized carbons (Fsp3) is 0.333. The number of hydrogen-bond acceptors (Lipinski definition) is 5. The zero-order valence-corrected chi connectivity index (χ0v) is 21.2. The minimum Gasteiger partial charge on any atom is -0.445 e. The highest BCUT2D eigenvalue weighted by Crippen LogP contribution is 2.29. The number of ether oxygens (including phenoxy) is 2. The van der Waals surface area contributed by atoms with Gasteiger partial charge >= 0.3 is 6.09 Å². The number of aliphatic hydroxyl groups excluding tert-OH is 1. The van der Waals surface area contributed by atoms with Crippen molar-refractivity contribution in [3.63, 3.8) is 0 Å². The molecule has 1 heterocycles. The van der Waals surface area contributed by atoms with Crippen LogP contribution in [0.5, 0.6) is 0 Å². The van der Waals surface area contributed by atoms with E-state index < -0.39 is 30.7 Å². The van der Waals surface area contributed by atoms with Crippen LogP contribution in [-0.4, -0.2) is 46.6 Å². The van der Waals surface area contributed by atoms with E-state index in [9.17, 15) is 14.7 Å². The van der Waals surface area contributed by atoms with E-state index in [0.717, 1.165) is 16.7 Å². The van der Waals surface area contributed by atoms with Gasteiger partial charge in [0.05, 0.1) is 6.04 Å². The molecule has 3 aromatic rings. The topological polar surface area (TPSA) is 88.1 Å². The van der Waals surface area contributed by atoms with Gasteiger partial charge in [0.25, 0.3) is 0 Å². The molecule has 37 heavy (non-hydrogen) atoms. The molecule has 4 unspecified atom stereocenters. The predicted octanol–water partition coefficient (Wildman–Crippen LogP) is 4.29. The van der Waals surface area contributed by atoms with E-state index in [0.29, 0.717) is 12.8 Å². The highest BCUT2D eigenvalue weighted by atomic mass is 16.6. The van der Waals surface area contributed by atoms with E-state index in [1.165, 1.54) is 0 Å². The molecule has 1 saturated heterocycles. The molecule has 0 radical (unpaired) electrons. The maximum atomic E-state index is 14.0. The van der Waals surface area contributed by atoms with Crippen molar-refractivity contribution in [1.29, 1.82) is 0 Å². The summed E-state index contributed by atoms with van der Waals surface area (Å²) in [6.45, 7) is 3.84. The molecule has 4 atom stereocenters. The summed E-state index contributed by atoms with van der Waals surface area (Å²) in [5, 5.41) is 13.7. The smallest absolute Gasteiger partial charge is 0.408 e. The fourth-order valence-corrected chi connectivity index (χ4v) is 4.56. The van der Waals surface area contributed by atoms with Crippen molar-refractivity contribution in [2.24, 2.45) is 5.92 Å². The third kappa shape index (κ3) is 6.96. The minimum atomic E-state index is -1.16. The predicted molar refractivity (Wildman–Crippen MR) is 140 cm³/mol. The summed E-state index contributed by atoms with van der Waals surface area (Å²) in [6, 6.07) is 27.3. The highest BCUT2D eigenvalue weighted by Gasteiger charge is 2.46. The lowest BCUT2D eigenvalue weighted by molar-refractivity contribution is -0.142. The molecule has 0 bridgehead atoms. The Hall–Kier alpha value is -3.68. The number of carbonyl (C=O) groups is 2. The summed E-state index contributed by atoms with van der Waals surface area (Å²) in [5.41, 5.74) is 2.81. The van der Waals surface area contributed by atoms with Crippen molar-refractivity contribution in [2.75, 3.05) is 0 Å². The van der Waals surface area contributed by atoms with Gasteiger partial charge in [-0.05, 0) is 29.0 Å². The van der Waals surface area contributed by atoms with Crippen LogP contribution in [0.3, 0.4) is 0 Å². The molecule has 2 amide bonds. The molecule has 1 aliphatic rings. The first-order valence-electron chi connectivity index (χ1n) is 12.6. The van der Waals surface area contributed by atoms with Crippen molar-refractivity contribution in [3.05, 3.63) is 108 Å². The standard InChI is InChI=1S/C30H34N2O5/c1-21(2)27(31-30(35)36-20-24-16-10-5-11-17-24)28(33)32-25(18-22-12-6-3-7-13-22)29(34)37-26(32)19-23-14-8-4-9-15-23/h3-17,21,25-27,29,34H,18-20H2,1-2H3,(H,31,35). The molecule has 0 spiro atoms. The SMILES string of the molecule is CC(C)C(NC(=O)OCc1ccccc1)C(=O)N1C(Cc2ccccc2)OC(O)C1Cc1ccccc1. The molecule has 3 aromatic carbocycles. The van der Waals surface area contributed by atoms with E-state index in [1.54, 1.807) is 4.90 Å². The second-order valence-corrected chi connectivity index (χ2v) is 9.60. The quantitative estimate of drug-likeness (QED) is 0.456. The molecular formula is C30H34N2O5. The molecule has 1 fully saturated rings. The largest absolute Gasteiger partial charge is 0.445 e. The van der Waals surface area contributed by atoms with Gasteiger partial charge in [-0.3, -0.25) is 4.79 Å². The molecule has 0 saturated carbocycles. The molecule has 7 heteroatoms. The van der Waals surface area contributed by atoms with E-state index in [4.69, 9.17) is 9.47 Å². The molecule has 7 nitrogen and oxygen atoms in total. The lowest BCUT2D eigenvalue weighted by Gasteiger charge is -2.33. The lowest BCUT2D eigenvalue weighted by Crippen LogP contribution is -2.56. The maximum absolute atomic E-state index is 14.0. The van der Waals surface area contributed by atoms with Crippen molar-refractivity contribution >= 4 is 12.0 Å². The van der Waals surface area contributed by atoms with Crippen LogP contribution >= 0.6 is 0 Å². The van der Waals surface area contributed by atoms with Crippen molar-refractivity contribution in [2.45, 2.75) is 57.9 Å². The van der Waals surface area contributed by atoms with Gasteiger partial charge in [0.15, 0.2) is 6.29 Å². The molecular weight excluding hydrogens is 468 g/mol. The number of nitrogens with zero attached hydrogens (tertiary/aromatic N) is 1. The maximum Gasteiger partial charge on any atom is 0.408 e. The molecule has 2 N–H and O–H groups in total. The van der Waals surface area contributed by atoms with Crippen molar-refractivity contribution in [3.8, 4) is 0 Å². The number of rotatable bonds is 9. The zero-order valence-electron chi connectivity index (χ0n) is 21.2. The van der Waals surface area contributed by atoms with Crippen LogP contribution in [0.4, 0.5) is 4.79 Å². The molecule has 4 rings (SSSR count). The van der Waals surface area contributed by atoms with Gasteiger partial charge in [0.2, 0.25) is 5.91 Å². The first kappa shape index (κ1) is 26.4. The van der Waals surface area contributed by atoms with Gasteiger partial charge in [-0.15, -0.1) is 0 Å². The third-order valence-electron chi connectivity index (χ3n) is 6.51. The van der Waals surface area contributed by atoms with Gasteiger partial charge in [-0.1, -0.05) is 105 Å². The van der Waals surface area contributed by atoms with Crippen molar-refractivity contribution < 1.29 is 24.2 Å². The monoisotopic (exact) mass is 502 g/mol. The van der Waals surface area contributed by atoms with Gasteiger partial charge in [0, 0.05) is 6.42 Å². The number of hydrogen-bond donors (Lipinski definition) is 2. The summed E-state index contributed by atoms with van der Waals surface area (Å²) in [6.07, 6.45) is -1.67. The van der Waals surface area contributed by atoms with Crippen LogP contribution in [0, 0.1) is 5.92 Å². The van der Waals surface area contributed by atoms with E-state index in [-0.39, 0.29) is 18.4 Å². The first-order chi connectivity index (χ1) is 17.9. The van der Waals surface area contributed by atoms with E-state index >= 15 is 0 Å². The Bertz CT molecular complexity index is 1140. The fourth-order valence-electron chi connectivity index (χ4n) is 4.56. The van der Waals surface area contributed by atoms with Gasteiger partial charge in [0.1, 0.15) is 18.9 Å². The second kappa shape index (κ2) is 12.5. The number of benzene rings is 3. The van der Waals surface area contributed by atoms with Crippen LogP contribution < -0.4 is 5.32 Å². The average molecular weight is 503 g/mol. The number of nitrogens with one attached hydrogen (secondary N) is 1. The zero-order chi connectivity index (χ0) is 26.2. The van der Waals surface area contributed by atoms with E-state index in [1.807, 2.05) is 105 Å². The first-order valence-corrected chi connectivity index (χ1v) is 12.6. The highest BCUT2D eigenvalue weighted by molar-refractivity contribution is 5.86. The summed E-state index contributed by atoms with van der Waals surface area (Å²) in [4.78, 5) is 28.3. The normalized spacial score (nSPS) is 20.0. The van der Waals surface area contributed by atoms with E-state index in [2.05, 4.69) is 5.32 Å². The second-order valence-electron chi connectivity index (χ2n) is 9.60. The Labute approximate surface area is 218 Å². The summed E-state index contributed by atoms with van der Waals surface area (Å²) in [5.74, 6) is -0.533. The Morgan fingerprint density at radius 2 is 1.38 bits per heavy atom. The number of aliphatic hydroxyl groups is 1. The van der Waals surface area contributed by atoms with Crippen molar-refractivity contribution in [1.82, 2.24) is 10.2 Å². The van der Waals surface area contributed by atoms with Crippen LogP contribution in [0.15, 0.2) is 91.0 Å².